The lowest BCUT2D eigenvalue weighted by Crippen LogP contribution is -2.60. The Kier molecular flexibility index (Phi) is 18.7. The van der Waals surface area contributed by atoms with Gasteiger partial charge in [-0.05, 0) is 49.6 Å². The van der Waals surface area contributed by atoms with Crippen LogP contribution in [0.15, 0.2) is 41.9 Å². The van der Waals surface area contributed by atoms with Crippen LogP contribution >= 0.6 is 11.3 Å². The van der Waals surface area contributed by atoms with Crippen molar-refractivity contribution in [3.63, 3.8) is 0 Å². The van der Waals surface area contributed by atoms with Crippen LogP contribution in [0.5, 0.6) is 0 Å². The summed E-state index contributed by atoms with van der Waals surface area (Å²) in [5, 5.41) is 12.1. The highest BCUT2D eigenvalue weighted by molar-refractivity contribution is 7.09. The van der Waals surface area contributed by atoms with Crippen LogP contribution in [-0.4, -0.2) is 110 Å². The van der Waals surface area contributed by atoms with Crippen LogP contribution in [0, 0.1) is 23.7 Å². The number of methoxy groups -OCH3 is 2. The van der Waals surface area contributed by atoms with Crippen molar-refractivity contribution in [3.05, 3.63) is 52.5 Å². The lowest BCUT2D eigenvalue weighted by molar-refractivity contribution is -0.148. The topological polar surface area (TPSA) is 142 Å². The van der Waals surface area contributed by atoms with Gasteiger partial charge in [0.15, 0.2) is 0 Å². The van der Waals surface area contributed by atoms with Gasteiger partial charge >= 0.3 is 0 Å². The third-order valence-electron chi connectivity index (χ3n) is 11.6. The van der Waals surface area contributed by atoms with Crippen LogP contribution in [-0.2, 0) is 35.1 Å². The Morgan fingerprint density at radius 3 is 2.16 bits per heavy atom. The van der Waals surface area contributed by atoms with E-state index in [0.29, 0.717) is 25.8 Å². The van der Waals surface area contributed by atoms with Crippen LogP contribution in [0.1, 0.15) is 97.2 Å². The molecule has 0 radical (unpaired) electrons. The van der Waals surface area contributed by atoms with Gasteiger partial charge in [0.2, 0.25) is 23.6 Å². The van der Waals surface area contributed by atoms with Gasteiger partial charge in [-0.1, -0.05) is 91.6 Å². The van der Waals surface area contributed by atoms with Gasteiger partial charge < -0.3 is 35.2 Å². The first-order chi connectivity index (χ1) is 26.2. The first-order valence-corrected chi connectivity index (χ1v) is 20.9. The summed E-state index contributed by atoms with van der Waals surface area (Å²) in [6.07, 6.45) is 4.19. The number of nitrogens with zero attached hydrogens (tertiary/aromatic N) is 3. The molecular weight excluding hydrogens is 717 g/mol. The average Bonchev–Trinajstić information content (AvgIpc) is 3.90. The molecule has 12 nitrogen and oxygen atoms in total. The van der Waals surface area contributed by atoms with Gasteiger partial charge in [0.1, 0.15) is 11.0 Å². The molecule has 0 aliphatic carbocycles. The summed E-state index contributed by atoms with van der Waals surface area (Å²) < 4.78 is 12.1. The normalized spacial score (nSPS) is 19.4. The minimum absolute atomic E-state index is 0.00723. The lowest BCUT2D eigenvalue weighted by Gasteiger charge is -2.41. The maximum absolute atomic E-state index is 14.3. The highest BCUT2D eigenvalue weighted by Crippen LogP contribution is 2.30. The Hall–Kier alpha value is -3.39. The van der Waals surface area contributed by atoms with Gasteiger partial charge in [0.25, 0.3) is 0 Å². The fourth-order valence-corrected chi connectivity index (χ4v) is 8.67. The minimum atomic E-state index is -0.738. The number of likely N-dealkylation sites (tertiary alicyclic amines) is 1. The summed E-state index contributed by atoms with van der Waals surface area (Å²) in [6.45, 7) is 14.4. The van der Waals surface area contributed by atoms with Crippen molar-refractivity contribution in [2.75, 3.05) is 34.9 Å². The second-order valence-corrected chi connectivity index (χ2v) is 16.5. The number of benzene rings is 1. The van der Waals surface area contributed by atoms with E-state index in [4.69, 9.17) is 9.47 Å². The molecule has 0 saturated carbocycles. The van der Waals surface area contributed by atoms with E-state index >= 15 is 0 Å². The summed E-state index contributed by atoms with van der Waals surface area (Å²) in [6, 6.07) is 7.79. The largest absolute Gasteiger partial charge is 0.379 e. The quantitative estimate of drug-likeness (QED) is 0.147. The number of rotatable bonds is 22. The van der Waals surface area contributed by atoms with Gasteiger partial charge in [-0.15, -0.1) is 11.3 Å². The van der Waals surface area contributed by atoms with Crippen LogP contribution in [0.4, 0.5) is 0 Å². The molecule has 1 saturated heterocycles. The maximum Gasteiger partial charge on any atom is 0.245 e. The molecule has 1 fully saturated rings. The first kappa shape index (κ1) is 46.0. The van der Waals surface area contributed by atoms with E-state index in [1.807, 2.05) is 75.2 Å². The predicted molar refractivity (Wildman–Crippen MR) is 218 cm³/mol. The molecule has 0 spiro atoms. The number of likely N-dealkylation sites (N-methyl/N-ethyl adjacent to an activating group) is 2. The van der Waals surface area contributed by atoms with Crippen molar-refractivity contribution in [2.24, 2.45) is 23.7 Å². The zero-order chi connectivity index (χ0) is 40.8. The molecule has 1 aliphatic heterocycles. The number of aromatic nitrogens is 1. The van der Waals surface area contributed by atoms with E-state index in [-0.39, 0.29) is 59.9 Å². The average molecular weight is 785 g/mol. The number of amides is 4. The van der Waals surface area contributed by atoms with Crippen molar-refractivity contribution in [1.82, 2.24) is 30.7 Å². The van der Waals surface area contributed by atoms with Gasteiger partial charge in [0, 0.05) is 39.4 Å². The van der Waals surface area contributed by atoms with Crippen molar-refractivity contribution in [1.29, 1.82) is 0 Å². The number of nitrogens with one attached hydrogen (secondary N) is 3. The number of ether oxygens (including phenoxy) is 2. The highest BCUT2D eigenvalue weighted by Gasteiger charge is 2.43. The molecule has 308 valence electrons. The van der Waals surface area contributed by atoms with Gasteiger partial charge in [0.05, 0.1) is 48.7 Å². The van der Waals surface area contributed by atoms with Crippen molar-refractivity contribution < 1.29 is 28.7 Å². The fourth-order valence-electron chi connectivity index (χ4n) is 7.98. The molecule has 13 heteroatoms. The molecule has 2 aromatic rings. The molecule has 1 aliphatic rings. The number of carbonyl (C=O) groups excluding carboxylic acids is 4. The summed E-state index contributed by atoms with van der Waals surface area (Å²) in [5.41, 5.74) is 1.09. The molecule has 0 unspecified atom stereocenters. The predicted octanol–water partition coefficient (Wildman–Crippen LogP) is 5.24. The highest BCUT2D eigenvalue weighted by atomic mass is 32.1. The van der Waals surface area contributed by atoms with Gasteiger partial charge in [-0.25, -0.2) is 4.98 Å². The zero-order valence-electron chi connectivity index (χ0n) is 35.0. The number of hydrogen-bond donors (Lipinski definition) is 3. The van der Waals surface area contributed by atoms with Crippen LogP contribution in [0.3, 0.4) is 0 Å². The third-order valence-corrected chi connectivity index (χ3v) is 12.5. The summed E-state index contributed by atoms with van der Waals surface area (Å²) in [4.78, 5) is 63.9. The second kappa shape index (κ2) is 22.4. The van der Waals surface area contributed by atoms with E-state index in [1.54, 1.807) is 39.4 Å². The van der Waals surface area contributed by atoms with Gasteiger partial charge in [-0.2, -0.15) is 0 Å². The van der Waals surface area contributed by atoms with Crippen LogP contribution in [0.25, 0.3) is 0 Å². The molecule has 0 bridgehead atoms. The van der Waals surface area contributed by atoms with Crippen molar-refractivity contribution in [2.45, 2.75) is 129 Å². The molecule has 1 aromatic heterocycles. The van der Waals surface area contributed by atoms with Crippen LogP contribution in [0.2, 0.25) is 0 Å². The molecule has 3 N–H and O–H groups in total. The smallest absolute Gasteiger partial charge is 0.245 e. The second-order valence-electron chi connectivity index (χ2n) is 15.6. The number of thiazole rings is 1. The maximum atomic E-state index is 14.3. The minimum Gasteiger partial charge on any atom is -0.379 e. The molecule has 4 amide bonds. The van der Waals surface area contributed by atoms with Gasteiger partial charge in [-0.3, -0.25) is 19.2 Å². The fraction of sp³-hybridized carbons (Fsp3) is 0.690. The third kappa shape index (κ3) is 12.1. The number of carbonyl (C=O) groups is 4. The Bertz CT molecular complexity index is 1480. The molecular formula is C42H68N6O6S. The molecule has 2 heterocycles. The molecule has 55 heavy (non-hydrogen) atoms. The molecule has 1 aromatic carbocycles. The standard InChI is InChI=1S/C42H68N6O6S/c1-12-27(5)36(46-40(51)35(43-8)26(3)4)42(52)47(9)37(28(6)13-2)33(53-10)25-34(49)48-22-17-20-32(48)38(54-11)29(7)39(50)45-31(41-44-21-23-55-41)24-30-18-15-14-16-19-30/h14-16,18-19,21,23,26-29,31-33,35-38,43H,12-13,17,20,22,24-25H2,1-11H3,(H,45,50)(H,46,51)/t27-,28+,29-,31+,32+,33-,35+,36+,37+,38-/m1/s1. The lowest BCUT2D eigenvalue weighted by atomic mass is 9.89. The van der Waals surface area contributed by atoms with Crippen molar-refractivity contribution in [3.8, 4) is 0 Å². The number of hydrogen-bond acceptors (Lipinski definition) is 9. The Morgan fingerprint density at radius 1 is 0.945 bits per heavy atom. The van der Waals surface area contributed by atoms with E-state index in [0.717, 1.165) is 23.4 Å². The van der Waals surface area contributed by atoms with E-state index in [2.05, 4.69) is 34.8 Å². The van der Waals surface area contributed by atoms with E-state index < -0.39 is 36.3 Å². The van der Waals surface area contributed by atoms with E-state index in [1.165, 1.54) is 11.3 Å². The Morgan fingerprint density at radius 2 is 1.62 bits per heavy atom. The van der Waals surface area contributed by atoms with Crippen molar-refractivity contribution >= 4 is 35.0 Å². The summed E-state index contributed by atoms with van der Waals surface area (Å²) in [5.74, 6) is -1.33. The molecule has 3 rings (SSSR count). The first-order valence-electron chi connectivity index (χ1n) is 20.1. The van der Waals surface area contributed by atoms with Crippen LogP contribution < -0.4 is 16.0 Å². The Balaban J connectivity index is 1.80. The monoisotopic (exact) mass is 784 g/mol. The van der Waals surface area contributed by atoms with E-state index in [9.17, 15) is 19.2 Å². The zero-order valence-corrected chi connectivity index (χ0v) is 35.9. The summed E-state index contributed by atoms with van der Waals surface area (Å²) in [7, 11) is 6.69. The summed E-state index contributed by atoms with van der Waals surface area (Å²) >= 11 is 1.51. The SMILES string of the molecule is CC[C@@H](C)[C@H](NC(=O)[C@@H](NC)C(C)C)C(=O)N(C)[C@@H]([C@@H](C)CC)[C@@H](CC(=O)N1CCC[C@H]1[C@H](OC)[C@@H](C)C(=O)N[C@@H](Cc1ccccc1)c1nccs1)OC. The Labute approximate surface area is 333 Å². The molecule has 10 atom stereocenters.